The lowest BCUT2D eigenvalue weighted by molar-refractivity contribution is 0.320. The van der Waals surface area contributed by atoms with Crippen molar-refractivity contribution in [3.05, 3.63) is 0 Å². The molecule has 0 unspecified atom stereocenters. The highest BCUT2D eigenvalue weighted by molar-refractivity contribution is 5.85. The van der Waals surface area contributed by atoms with Crippen LogP contribution in [0.15, 0.2) is 0 Å². The molecule has 1 fully saturated rings. The minimum Gasteiger partial charge on any atom is -0.311 e. The van der Waals surface area contributed by atoms with Crippen molar-refractivity contribution in [2.75, 3.05) is 13.2 Å². The zero-order chi connectivity index (χ0) is 5.82. The zero-order valence-corrected chi connectivity index (χ0v) is 6.22. The van der Waals surface area contributed by atoms with Crippen molar-refractivity contribution >= 4 is 12.4 Å². The van der Waals surface area contributed by atoms with Crippen LogP contribution in [0.25, 0.3) is 0 Å². The number of alkyl halides is 1. The Bertz CT molecular complexity index is 64.1. The Balaban J connectivity index is 0.000000640. The first-order valence-corrected chi connectivity index (χ1v) is 3.23. The Labute approximate surface area is 61.4 Å². The molecule has 0 aliphatic carbocycles. The molecule has 0 amide bonds. The average Bonchev–Trinajstić information content (AvgIpc) is 1.90. The maximum atomic E-state index is 11.8. The van der Waals surface area contributed by atoms with Crippen LogP contribution in [0.2, 0.25) is 0 Å². The molecule has 0 aromatic rings. The monoisotopic (exact) mass is 153 g/mol. The van der Waals surface area contributed by atoms with Crippen molar-refractivity contribution in [1.82, 2.24) is 5.32 Å². The standard InChI is InChI=1S/C6H12FN.ClH/c7-5-6-3-1-2-4-8-6;/h6,8H,1-5H2;1H/t6-;/m1./s1. The second-order valence-corrected chi connectivity index (χ2v) is 2.30. The molecule has 0 saturated carbocycles. The van der Waals surface area contributed by atoms with E-state index in [1.54, 1.807) is 0 Å². The lowest BCUT2D eigenvalue weighted by atomic mass is 10.1. The van der Waals surface area contributed by atoms with E-state index in [1.807, 2.05) is 0 Å². The first-order chi connectivity index (χ1) is 3.93. The predicted molar refractivity (Wildman–Crippen MR) is 38.9 cm³/mol. The molecule has 9 heavy (non-hydrogen) atoms. The van der Waals surface area contributed by atoms with E-state index in [4.69, 9.17) is 0 Å². The van der Waals surface area contributed by atoms with Gasteiger partial charge >= 0.3 is 0 Å². The summed E-state index contributed by atoms with van der Waals surface area (Å²) < 4.78 is 11.8. The molecule has 1 nitrogen and oxygen atoms in total. The van der Waals surface area contributed by atoms with Crippen molar-refractivity contribution in [2.24, 2.45) is 0 Å². The largest absolute Gasteiger partial charge is 0.311 e. The Hall–Kier alpha value is 0.180. The second kappa shape index (κ2) is 5.00. The summed E-state index contributed by atoms with van der Waals surface area (Å²) in [5, 5.41) is 3.09. The Kier molecular flexibility index (Phi) is 5.10. The molecule has 1 atom stereocenters. The van der Waals surface area contributed by atoms with Crippen LogP contribution in [-0.4, -0.2) is 19.3 Å². The van der Waals surface area contributed by atoms with Gasteiger partial charge in [0.25, 0.3) is 0 Å². The van der Waals surface area contributed by atoms with Crippen LogP contribution < -0.4 is 5.32 Å². The molecule has 1 N–H and O–H groups in total. The van der Waals surface area contributed by atoms with Gasteiger partial charge in [0.2, 0.25) is 0 Å². The quantitative estimate of drug-likeness (QED) is 0.603. The number of rotatable bonds is 1. The Morgan fingerprint density at radius 2 is 2.22 bits per heavy atom. The maximum Gasteiger partial charge on any atom is 0.105 e. The SMILES string of the molecule is Cl.FC[C@H]1CCCCN1. The number of hydrogen-bond acceptors (Lipinski definition) is 1. The van der Waals surface area contributed by atoms with E-state index >= 15 is 0 Å². The van der Waals surface area contributed by atoms with Gasteiger partial charge in [0.1, 0.15) is 6.67 Å². The summed E-state index contributed by atoms with van der Waals surface area (Å²) in [6.45, 7) is 0.814. The number of halogens is 2. The van der Waals surface area contributed by atoms with Crippen LogP contribution in [0.3, 0.4) is 0 Å². The Morgan fingerprint density at radius 1 is 1.44 bits per heavy atom. The van der Waals surface area contributed by atoms with E-state index in [2.05, 4.69) is 5.32 Å². The van der Waals surface area contributed by atoms with Crippen molar-refractivity contribution in [2.45, 2.75) is 25.3 Å². The molecular weight excluding hydrogens is 141 g/mol. The van der Waals surface area contributed by atoms with Crippen LogP contribution in [0, 0.1) is 0 Å². The van der Waals surface area contributed by atoms with Crippen molar-refractivity contribution in [3.8, 4) is 0 Å². The fourth-order valence-electron chi connectivity index (χ4n) is 1.06. The topological polar surface area (TPSA) is 12.0 Å². The van der Waals surface area contributed by atoms with Gasteiger partial charge in [-0.3, -0.25) is 0 Å². The highest BCUT2D eigenvalue weighted by Gasteiger charge is 2.10. The van der Waals surface area contributed by atoms with E-state index in [-0.39, 0.29) is 25.1 Å². The number of hydrogen-bond donors (Lipinski definition) is 1. The van der Waals surface area contributed by atoms with Gasteiger partial charge in [0, 0.05) is 6.04 Å². The van der Waals surface area contributed by atoms with Crippen LogP contribution in [0.1, 0.15) is 19.3 Å². The lowest BCUT2D eigenvalue weighted by Gasteiger charge is -2.19. The minimum atomic E-state index is -0.194. The molecule has 0 spiro atoms. The van der Waals surface area contributed by atoms with Crippen LogP contribution in [0.4, 0.5) is 4.39 Å². The van der Waals surface area contributed by atoms with Gasteiger partial charge in [0.15, 0.2) is 0 Å². The third-order valence-electron chi connectivity index (χ3n) is 1.60. The van der Waals surface area contributed by atoms with Gasteiger partial charge in [-0.05, 0) is 19.4 Å². The summed E-state index contributed by atoms with van der Waals surface area (Å²) in [5.41, 5.74) is 0. The third-order valence-corrected chi connectivity index (χ3v) is 1.60. The summed E-state index contributed by atoms with van der Waals surface area (Å²) in [4.78, 5) is 0. The summed E-state index contributed by atoms with van der Waals surface area (Å²) in [5.74, 6) is 0. The van der Waals surface area contributed by atoms with Gasteiger partial charge in [-0.15, -0.1) is 12.4 Å². The fraction of sp³-hybridized carbons (Fsp3) is 1.00. The van der Waals surface area contributed by atoms with Crippen molar-refractivity contribution in [1.29, 1.82) is 0 Å². The summed E-state index contributed by atoms with van der Waals surface area (Å²) >= 11 is 0. The average molecular weight is 154 g/mol. The van der Waals surface area contributed by atoms with E-state index < -0.39 is 0 Å². The third kappa shape index (κ3) is 3.01. The highest BCUT2D eigenvalue weighted by Crippen LogP contribution is 2.06. The molecule has 1 rings (SSSR count). The van der Waals surface area contributed by atoms with E-state index in [1.165, 1.54) is 12.8 Å². The van der Waals surface area contributed by atoms with Gasteiger partial charge < -0.3 is 5.32 Å². The molecule has 3 heteroatoms. The predicted octanol–water partition coefficient (Wildman–Crippen LogP) is 1.52. The Morgan fingerprint density at radius 3 is 2.56 bits per heavy atom. The molecule has 0 aromatic heterocycles. The molecule has 0 bridgehead atoms. The molecular formula is C6H13ClFN. The first-order valence-electron chi connectivity index (χ1n) is 3.23. The maximum absolute atomic E-state index is 11.8. The molecule has 0 aromatic carbocycles. The summed E-state index contributed by atoms with van der Waals surface area (Å²) in [7, 11) is 0. The van der Waals surface area contributed by atoms with Gasteiger partial charge in [0.05, 0.1) is 0 Å². The summed E-state index contributed by atoms with van der Waals surface area (Å²) in [6.07, 6.45) is 3.44. The van der Waals surface area contributed by atoms with Crippen molar-refractivity contribution in [3.63, 3.8) is 0 Å². The second-order valence-electron chi connectivity index (χ2n) is 2.30. The molecule has 1 aliphatic rings. The van der Waals surface area contributed by atoms with Crippen LogP contribution in [-0.2, 0) is 0 Å². The van der Waals surface area contributed by atoms with Crippen LogP contribution in [0.5, 0.6) is 0 Å². The van der Waals surface area contributed by atoms with E-state index in [9.17, 15) is 4.39 Å². The molecule has 56 valence electrons. The van der Waals surface area contributed by atoms with Crippen LogP contribution >= 0.6 is 12.4 Å². The molecule has 1 heterocycles. The lowest BCUT2D eigenvalue weighted by Crippen LogP contribution is -2.35. The summed E-state index contributed by atoms with van der Waals surface area (Å²) in [6, 6.07) is 0.170. The van der Waals surface area contributed by atoms with Gasteiger partial charge in [-0.1, -0.05) is 6.42 Å². The molecule has 1 aliphatic heterocycles. The number of nitrogens with one attached hydrogen (secondary N) is 1. The normalized spacial score (nSPS) is 27.0. The minimum absolute atomic E-state index is 0. The zero-order valence-electron chi connectivity index (χ0n) is 5.40. The van der Waals surface area contributed by atoms with Gasteiger partial charge in [-0.2, -0.15) is 0 Å². The first kappa shape index (κ1) is 9.18. The van der Waals surface area contributed by atoms with E-state index in [0.29, 0.717) is 0 Å². The molecule has 0 radical (unpaired) electrons. The fourth-order valence-corrected chi connectivity index (χ4v) is 1.06. The molecule has 1 saturated heterocycles. The highest BCUT2D eigenvalue weighted by atomic mass is 35.5. The number of piperidine rings is 1. The van der Waals surface area contributed by atoms with Crippen molar-refractivity contribution < 1.29 is 4.39 Å². The smallest absolute Gasteiger partial charge is 0.105 e. The van der Waals surface area contributed by atoms with E-state index in [0.717, 1.165) is 13.0 Å². The van der Waals surface area contributed by atoms with Gasteiger partial charge in [-0.25, -0.2) is 4.39 Å².